The highest BCUT2D eigenvalue weighted by molar-refractivity contribution is 9.10. The third-order valence-corrected chi connectivity index (χ3v) is 7.48. The number of amides is 2. The lowest BCUT2D eigenvalue weighted by molar-refractivity contribution is -0.138. The van der Waals surface area contributed by atoms with Gasteiger partial charge in [0, 0.05) is 36.3 Å². The minimum atomic E-state index is -0.585. The van der Waals surface area contributed by atoms with Crippen molar-refractivity contribution in [3.63, 3.8) is 0 Å². The Labute approximate surface area is 225 Å². The molecule has 0 radical (unpaired) electrons. The van der Waals surface area contributed by atoms with Crippen molar-refractivity contribution in [2.45, 2.75) is 38.4 Å². The number of likely N-dealkylation sites (tertiary alicyclic amines) is 1. The van der Waals surface area contributed by atoms with E-state index in [1.807, 2.05) is 18.2 Å². The average molecular weight is 575 g/mol. The number of nitrogens with one attached hydrogen (secondary N) is 1. The van der Waals surface area contributed by atoms with Gasteiger partial charge in [-0.25, -0.2) is 15.0 Å². The number of benzene rings is 1. The summed E-state index contributed by atoms with van der Waals surface area (Å²) in [5.41, 5.74) is 8.05. The molecule has 192 valence electrons. The first kappa shape index (κ1) is 24.2. The number of halogens is 1. The number of ketones is 1. The van der Waals surface area contributed by atoms with Gasteiger partial charge in [-0.1, -0.05) is 12.1 Å². The zero-order valence-corrected chi connectivity index (χ0v) is 21.9. The Kier molecular flexibility index (Phi) is 5.90. The third kappa shape index (κ3) is 4.40. The highest BCUT2D eigenvalue weighted by Crippen LogP contribution is 2.48. The molecule has 0 unspecified atom stereocenters. The van der Waals surface area contributed by atoms with Crippen molar-refractivity contribution in [2.75, 3.05) is 11.1 Å². The lowest BCUT2D eigenvalue weighted by Gasteiger charge is -2.26. The van der Waals surface area contributed by atoms with Crippen molar-refractivity contribution in [1.82, 2.24) is 29.6 Å². The number of piperidine rings is 1. The quantitative estimate of drug-likeness (QED) is 0.263. The monoisotopic (exact) mass is 574 g/mol. The van der Waals surface area contributed by atoms with E-state index in [1.54, 1.807) is 35.5 Å². The zero-order chi connectivity index (χ0) is 26.6. The first-order valence-corrected chi connectivity index (χ1v) is 12.9. The molecular weight excluding hydrogens is 552 g/mol. The second-order valence-electron chi connectivity index (χ2n) is 9.57. The molecule has 2 aliphatic rings. The maximum Gasteiger partial charge on any atom is 0.248 e. The number of Topliss-reactive ketones (excluding diaryl/α,β-unsaturated/α-hetero) is 1. The van der Waals surface area contributed by atoms with E-state index in [1.165, 1.54) is 11.6 Å². The molecular formula is C26H23BrN8O3. The van der Waals surface area contributed by atoms with E-state index in [-0.39, 0.29) is 41.8 Å². The molecule has 0 bridgehead atoms. The molecule has 1 aliphatic heterocycles. The molecule has 1 aromatic carbocycles. The van der Waals surface area contributed by atoms with Gasteiger partial charge >= 0.3 is 0 Å². The van der Waals surface area contributed by atoms with Gasteiger partial charge in [0.05, 0.1) is 5.52 Å². The molecule has 3 N–H and O–H groups in total. The number of rotatable bonds is 6. The SMILES string of the molecule is CC(=O)c1nn(CC(=O)N2[C@@H]3C[C@@H]3C[C@H]2C(=O)Nc2cccc(Br)n2)c2ccc(-c3cnc(N)nc3)cc12. The number of nitrogens with two attached hydrogens (primary N) is 1. The molecule has 1 saturated carbocycles. The third-order valence-electron chi connectivity index (χ3n) is 7.04. The Bertz CT molecular complexity index is 1600. The number of nitrogen functional groups attached to an aromatic ring is 1. The minimum absolute atomic E-state index is 0.0416. The summed E-state index contributed by atoms with van der Waals surface area (Å²) >= 11 is 3.30. The molecule has 2 amide bonds. The number of pyridine rings is 1. The van der Waals surface area contributed by atoms with Crippen LogP contribution >= 0.6 is 15.9 Å². The summed E-state index contributed by atoms with van der Waals surface area (Å²) in [6, 6.07) is 10.2. The summed E-state index contributed by atoms with van der Waals surface area (Å²) < 4.78 is 2.15. The van der Waals surface area contributed by atoms with Crippen LogP contribution in [-0.2, 0) is 16.1 Å². The topological polar surface area (TPSA) is 149 Å². The molecule has 6 rings (SSSR count). The van der Waals surface area contributed by atoms with Gasteiger partial charge in [0.25, 0.3) is 0 Å². The van der Waals surface area contributed by atoms with Crippen LogP contribution in [0.15, 0.2) is 53.4 Å². The highest BCUT2D eigenvalue weighted by Gasteiger charge is 2.56. The normalized spacial score (nSPS) is 19.8. The number of aromatic nitrogens is 5. The van der Waals surface area contributed by atoms with Crippen molar-refractivity contribution in [3.05, 3.63) is 59.1 Å². The van der Waals surface area contributed by atoms with Crippen LogP contribution in [0.2, 0.25) is 0 Å². The van der Waals surface area contributed by atoms with Gasteiger partial charge in [-0.2, -0.15) is 5.10 Å². The van der Waals surface area contributed by atoms with Crippen molar-refractivity contribution in [2.24, 2.45) is 5.92 Å². The molecule has 12 heteroatoms. The molecule has 3 atom stereocenters. The van der Waals surface area contributed by atoms with Gasteiger partial charge in [0.2, 0.25) is 17.8 Å². The van der Waals surface area contributed by atoms with Crippen molar-refractivity contribution in [1.29, 1.82) is 0 Å². The lowest BCUT2D eigenvalue weighted by atomic mass is 10.0. The van der Waals surface area contributed by atoms with Crippen LogP contribution in [0, 0.1) is 5.92 Å². The highest BCUT2D eigenvalue weighted by atomic mass is 79.9. The van der Waals surface area contributed by atoms with Gasteiger partial charge in [-0.05, 0) is 64.5 Å². The fourth-order valence-corrected chi connectivity index (χ4v) is 5.52. The van der Waals surface area contributed by atoms with E-state index < -0.39 is 6.04 Å². The molecule has 38 heavy (non-hydrogen) atoms. The van der Waals surface area contributed by atoms with Crippen LogP contribution in [0.25, 0.3) is 22.0 Å². The van der Waals surface area contributed by atoms with E-state index >= 15 is 0 Å². The second kappa shape index (κ2) is 9.28. The van der Waals surface area contributed by atoms with Gasteiger partial charge in [-0.15, -0.1) is 0 Å². The first-order chi connectivity index (χ1) is 18.3. The van der Waals surface area contributed by atoms with Gasteiger partial charge < -0.3 is 16.0 Å². The summed E-state index contributed by atoms with van der Waals surface area (Å²) in [5, 5.41) is 7.94. The fraction of sp³-hybridized carbons (Fsp3) is 0.269. The molecule has 1 saturated heterocycles. The molecule has 0 spiro atoms. The summed E-state index contributed by atoms with van der Waals surface area (Å²) in [4.78, 5) is 53.1. The van der Waals surface area contributed by atoms with Crippen LogP contribution in [0.3, 0.4) is 0 Å². The zero-order valence-electron chi connectivity index (χ0n) is 20.3. The van der Waals surface area contributed by atoms with E-state index in [4.69, 9.17) is 5.73 Å². The van der Waals surface area contributed by atoms with Crippen LogP contribution < -0.4 is 11.1 Å². The number of carbonyl (C=O) groups excluding carboxylic acids is 3. The first-order valence-electron chi connectivity index (χ1n) is 12.1. The standard InChI is InChI=1S/C26H23BrN8O3/c1-13(36)24-17-7-14(16-10-29-26(28)30-11-16)5-6-18(17)34(33-24)12-23(37)35-19-8-15(19)9-20(35)25(38)32-22-4-2-3-21(27)31-22/h2-7,10-11,15,19-20H,8-9,12H2,1H3,(H2,28,29,30)(H,31,32,38)/t15-,19-,20+/m1/s1. The van der Waals surface area contributed by atoms with Gasteiger partial charge in [-0.3, -0.25) is 19.1 Å². The number of carbonyl (C=O) groups is 3. The molecule has 3 aromatic heterocycles. The fourth-order valence-electron chi connectivity index (χ4n) is 5.17. The minimum Gasteiger partial charge on any atom is -0.368 e. The molecule has 4 heterocycles. The molecule has 1 aliphatic carbocycles. The summed E-state index contributed by atoms with van der Waals surface area (Å²) in [7, 11) is 0. The second-order valence-corrected chi connectivity index (χ2v) is 10.4. The lowest BCUT2D eigenvalue weighted by Crippen LogP contribution is -2.46. The van der Waals surface area contributed by atoms with E-state index in [9.17, 15) is 14.4 Å². The van der Waals surface area contributed by atoms with Crippen LogP contribution in [0.4, 0.5) is 11.8 Å². The smallest absolute Gasteiger partial charge is 0.248 e. The van der Waals surface area contributed by atoms with E-state index in [0.29, 0.717) is 33.7 Å². The van der Waals surface area contributed by atoms with E-state index in [0.717, 1.165) is 17.5 Å². The maximum absolute atomic E-state index is 13.6. The van der Waals surface area contributed by atoms with Crippen LogP contribution in [0.5, 0.6) is 0 Å². The average Bonchev–Trinajstić information content (AvgIpc) is 3.39. The summed E-state index contributed by atoms with van der Waals surface area (Å²) in [6.45, 7) is 1.36. The molecule has 11 nitrogen and oxygen atoms in total. The summed E-state index contributed by atoms with van der Waals surface area (Å²) in [6.07, 6.45) is 4.72. The predicted octanol–water partition coefficient (Wildman–Crippen LogP) is 3.06. The van der Waals surface area contributed by atoms with Gasteiger partial charge in [0.1, 0.15) is 28.7 Å². The Hall–Kier alpha value is -4.19. The number of fused-ring (bicyclic) bond motifs is 2. The largest absolute Gasteiger partial charge is 0.368 e. The Morgan fingerprint density at radius 1 is 1.11 bits per heavy atom. The summed E-state index contributed by atoms with van der Waals surface area (Å²) in [5.74, 6) is 0.217. The number of hydrogen-bond acceptors (Lipinski definition) is 8. The molecule has 4 aromatic rings. The van der Waals surface area contributed by atoms with Gasteiger partial charge in [0.15, 0.2) is 5.78 Å². The number of anilines is 2. The van der Waals surface area contributed by atoms with Crippen molar-refractivity contribution < 1.29 is 14.4 Å². The molecule has 2 fully saturated rings. The van der Waals surface area contributed by atoms with Crippen LogP contribution in [0.1, 0.15) is 30.3 Å². The Balaban J connectivity index is 1.27. The van der Waals surface area contributed by atoms with Crippen molar-refractivity contribution in [3.8, 4) is 11.1 Å². The van der Waals surface area contributed by atoms with Crippen molar-refractivity contribution >= 4 is 56.2 Å². The predicted molar refractivity (Wildman–Crippen MR) is 143 cm³/mol. The number of nitrogens with zero attached hydrogens (tertiary/aromatic N) is 6. The van der Waals surface area contributed by atoms with E-state index in [2.05, 4.69) is 41.3 Å². The Morgan fingerprint density at radius 2 is 1.89 bits per heavy atom. The van der Waals surface area contributed by atoms with Crippen LogP contribution in [-0.4, -0.2) is 59.3 Å². The Morgan fingerprint density at radius 3 is 2.63 bits per heavy atom. The maximum atomic E-state index is 13.6. The number of hydrogen-bond donors (Lipinski definition) is 2.